The summed E-state index contributed by atoms with van der Waals surface area (Å²) in [6.07, 6.45) is 2.60. The topological polar surface area (TPSA) is 70.5 Å². The molecule has 0 bridgehead atoms. The van der Waals surface area contributed by atoms with Gasteiger partial charge in [0.1, 0.15) is 11.3 Å². The molecule has 0 fully saturated rings. The third-order valence-corrected chi connectivity index (χ3v) is 2.14. The third-order valence-electron chi connectivity index (χ3n) is 1.84. The molecule has 1 aromatic heterocycles. The Morgan fingerprint density at radius 1 is 1.47 bits per heavy atom. The molecular weight excluding hydrogens is 244 g/mol. The number of carbonyl (C=O) groups is 2. The fraction of sp³-hybridized carbons (Fsp3) is 0.182. The number of hydrogen-bond donors (Lipinski definition) is 1. The van der Waals surface area contributed by atoms with Crippen molar-refractivity contribution in [2.45, 2.75) is 0 Å². The number of nitrogens with zero attached hydrogens (tertiary/aromatic N) is 2. The molecule has 0 aromatic carbocycles. The first-order chi connectivity index (χ1) is 7.93. The predicted molar refractivity (Wildman–Crippen MR) is 63.0 cm³/mol. The monoisotopic (exact) mass is 254 g/mol. The molecule has 1 heterocycles. The smallest absolute Gasteiger partial charge is 0.341 e. The van der Waals surface area contributed by atoms with Gasteiger partial charge in [-0.2, -0.15) is 0 Å². The Morgan fingerprint density at radius 3 is 2.59 bits per heavy atom. The summed E-state index contributed by atoms with van der Waals surface area (Å²) in [4.78, 5) is 28.1. The van der Waals surface area contributed by atoms with E-state index in [0.29, 0.717) is 0 Å². The van der Waals surface area contributed by atoms with Crippen molar-refractivity contribution in [1.82, 2.24) is 9.88 Å². The molecule has 0 aliphatic carbocycles. The molecule has 0 saturated heterocycles. The second-order valence-electron chi connectivity index (χ2n) is 3.47. The summed E-state index contributed by atoms with van der Waals surface area (Å²) in [5, 5.41) is 9.09. The summed E-state index contributed by atoms with van der Waals surface area (Å²) in [6, 6.07) is 3.05. The molecule has 0 aliphatic heterocycles. The predicted octanol–water partition coefficient (Wildman–Crippen LogP) is 1.45. The highest BCUT2D eigenvalue weighted by atomic mass is 35.5. The molecule has 5 nitrogen and oxygen atoms in total. The first kappa shape index (κ1) is 13.2. The molecule has 0 atom stereocenters. The second kappa shape index (κ2) is 5.45. The van der Waals surface area contributed by atoms with Crippen LogP contribution in [-0.2, 0) is 4.79 Å². The van der Waals surface area contributed by atoms with Crippen molar-refractivity contribution in [3.05, 3.63) is 40.8 Å². The van der Waals surface area contributed by atoms with E-state index in [4.69, 9.17) is 16.7 Å². The summed E-state index contributed by atoms with van der Waals surface area (Å²) in [5.41, 5.74) is -0.444. The highest BCUT2D eigenvalue weighted by Crippen LogP contribution is 2.16. The van der Waals surface area contributed by atoms with Crippen LogP contribution in [0.4, 0.5) is 0 Å². The molecule has 1 aromatic rings. The molecular formula is C11H11ClN2O3. The van der Waals surface area contributed by atoms with E-state index in [9.17, 15) is 9.59 Å². The number of rotatable bonds is 4. The molecule has 0 aliphatic rings. The van der Waals surface area contributed by atoms with Crippen LogP contribution in [0.5, 0.6) is 0 Å². The Hall–Kier alpha value is -1.88. The molecule has 0 radical (unpaired) electrons. The van der Waals surface area contributed by atoms with Crippen LogP contribution >= 0.6 is 11.6 Å². The molecule has 0 spiro atoms. The lowest BCUT2D eigenvalue weighted by Gasteiger charge is -2.08. The van der Waals surface area contributed by atoms with E-state index in [2.05, 4.69) is 4.98 Å². The highest BCUT2D eigenvalue weighted by molar-refractivity contribution is 6.36. The molecule has 0 saturated carbocycles. The maximum atomic E-state index is 11.9. The lowest BCUT2D eigenvalue weighted by Crippen LogP contribution is -2.17. The first-order valence-corrected chi connectivity index (χ1v) is 5.08. The second-order valence-corrected chi connectivity index (χ2v) is 3.88. The van der Waals surface area contributed by atoms with Crippen molar-refractivity contribution in [2.24, 2.45) is 0 Å². The minimum absolute atomic E-state index is 0.0651. The van der Waals surface area contributed by atoms with Crippen molar-refractivity contribution in [3.63, 3.8) is 0 Å². The largest absolute Gasteiger partial charge is 0.477 e. The Labute approximate surface area is 103 Å². The van der Waals surface area contributed by atoms with E-state index in [-0.39, 0.29) is 16.3 Å². The first-order valence-electron chi connectivity index (χ1n) is 4.70. The van der Waals surface area contributed by atoms with Gasteiger partial charge in [-0.3, -0.25) is 9.78 Å². The van der Waals surface area contributed by atoms with Gasteiger partial charge in [-0.1, -0.05) is 11.6 Å². The Bertz CT molecular complexity index is 483. The summed E-state index contributed by atoms with van der Waals surface area (Å²) in [7, 11) is 3.24. The van der Waals surface area contributed by atoms with E-state index in [1.165, 1.54) is 23.4 Å². The van der Waals surface area contributed by atoms with Crippen LogP contribution in [-0.4, -0.2) is 40.8 Å². The van der Waals surface area contributed by atoms with Crippen LogP contribution in [0.2, 0.25) is 5.02 Å². The average molecular weight is 255 g/mol. The highest BCUT2D eigenvalue weighted by Gasteiger charge is 2.22. The maximum absolute atomic E-state index is 11.9. The molecule has 0 amide bonds. The Balaban J connectivity index is 3.19. The number of ketones is 1. The maximum Gasteiger partial charge on any atom is 0.341 e. The van der Waals surface area contributed by atoms with Gasteiger partial charge in [0.25, 0.3) is 0 Å². The number of Topliss-reactive ketones (excluding diaryl/α,β-unsaturated/α-hetero) is 1. The van der Waals surface area contributed by atoms with Crippen molar-refractivity contribution in [2.75, 3.05) is 14.1 Å². The van der Waals surface area contributed by atoms with Gasteiger partial charge in [0.15, 0.2) is 0 Å². The van der Waals surface area contributed by atoms with Gasteiger partial charge in [0, 0.05) is 26.5 Å². The lowest BCUT2D eigenvalue weighted by atomic mass is 10.1. The minimum atomic E-state index is -1.31. The average Bonchev–Trinajstić information content (AvgIpc) is 2.25. The minimum Gasteiger partial charge on any atom is -0.477 e. The molecule has 0 unspecified atom stereocenters. The number of carbonyl (C=O) groups excluding carboxylic acids is 1. The van der Waals surface area contributed by atoms with Crippen LogP contribution < -0.4 is 0 Å². The van der Waals surface area contributed by atoms with Crippen molar-refractivity contribution in [3.8, 4) is 0 Å². The summed E-state index contributed by atoms with van der Waals surface area (Å²) >= 11 is 5.79. The zero-order valence-electron chi connectivity index (χ0n) is 9.35. The van der Waals surface area contributed by atoms with E-state index >= 15 is 0 Å². The molecule has 6 heteroatoms. The van der Waals surface area contributed by atoms with Crippen LogP contribution in [0, 0.1) is 0 Å². The summed E-state index contributed by atoms with van der Waals surface area (Å²) in [6.45, 7) is 0. The number of hydrogen-bond acceptors (Lipinski definition) is 4. The normalized spacial score (nSPS) is 11.1. The summed E-state index contributed by atoms with van der Waals surface area (Å²) in [5.74, 6) is -2.03. The standard InChI is InChI=1S/C11H11ClN2O3/c1-14(2)6-7(11(16)17)10(15)9-8(12)4-3-5-13-9/h3-6H,1-2H3,(H,16,17)/b7-6+. The van der Waals surface area contributed by atoms with E-state index in [1.807, 2.05) is 0 Å². The van der Waals surface area contributed by atoms with Gasteiger partial charge in [-0.15, -0.1) is 0 Å². The lowest BCUT2D eigenvalue weighted by molar-refractivity contribution is -0.132. The number of aliphatic carboxylic acids is 1. The van der Waals surface area contributed by atoms with E-state index < -0.39 is 11.8 Å². The van der Waals surface area contributed by atoms with E-state index in [0.717, 1.165) is 0 Å². The number of aromatic nitrogens is 1. The third kappa shape index (κ3) is 3.29. The quantitative estimate of drug-likeness (QED) is 0.381. The van der Waals surface area contributed by atoms with Gasteiger partial charge in [0.05, 0.1) is 5.02 Å². The number of carboxylic acids is 1. The fourth-order valence-corrected chi connectivity index (χ4v) is 1.36. The van der Waals surface area contributed by atoms with Gasteiger partial charge in [-0.05, 0) is 12.1 Å². The van der Waals surface area contributed by atoms with Crippen LogP contribution in [0.25, 0.3) is 0 Å². The molecule has 17 heavy (non-hydrogen) atoms. The zero-order chi connectivity index (χ0) is 13.0. The Kier molecular flexibility index (Phi) is 4.23. The number of pyridine rings is 1. The van der Waals surface area contributed by atoms with Crippen molar-refractivity contribution in [1.29, 1.82) is 0 Å². The van der Waals surface area contributed by atoms with Crippen molar-refractivity contribution < 1.29 is 14.7 Å². The van der Waals surface area contributed by atoms with Gasteiger partial charge < -0.3 is 10.0 Å². The molecule has 1 rings (SSSR count). The molecule has 90 valence electrons. The SMILES string of the molecule is CN(C)/C=C(/C(=O)O)C(=O)c1ncccc1Cl. The Morgan fingerprint density at radius 2 is 2.12 bits per heavy atom. The summed E-state index contributed by atoms with van der Waals surface area (Å²) < 4.78 is 0. The van der Waals surface area contributed by atoms with Gasteiger partial charge in [0.2, 0.25) is 5.78 Å². The number of halogens is 1. The van der Waals surface area contributed by atoms with Crippen molar-refractivity contribution >= 4 is 23.4 Å². The van der Waals surface area contributed by atoms with Crippen LogP contribution in [0.3, 0.4) is 0 Å². The zero-order valence-corrected chi connectivity index (χ0v) is 10.1. The van der Waals surface area contributed by atoms with Crippen LogP contribution in [0.1, 0.15) is 10.5 Å². The number of carboxylic acid groups (broad SMARTS) is 1. The van der Waals surface area contributed by atoms with Crippen LogP contribution in [0.15, 0.2) is 30.1 Å². The van der Waals surface area contributed by atoms with Gasteiger partial charge >= 0.3 is 5.97 Å². The molecule has 1 N–H and O–H groups in total. The van der Waals surface area contributed by atoms with E-state index in [1.54, 1.807) is 20.2 Å². The fourth-order valence-electron chi connectivity index (χ4n) is 1.15. The van der Waals surface area contributed by atoms with Gasteiger partial charge in [-0.25, -0.2) is 4.79 Å².